The van der Waals surface area contributed by atoms with Crippen molar-refractivity contribution in [1.82, 2.24) is 19.9 Å². The van der Waals surface area contributed by atoms with Crippen molar-refractivity contribution < 1.29 is 0 Å². The highest BCUT2D eigenvalue weighted by molar-refractivity contribution is 5.83. The molecule has 0 spiro atoms. The van der Waals surface area contributed by atoms with E-state index in [4.69, 9.17) is 0 Å². The van der Waals surface area contributed by atoms with Crippen LogP contribution in [0.15, 0.2) is 119 Å². The maximum Gasteiger partial charge on any atom is 0.248 e. The van der Waals surface area contributed by atoms with Crippen molar-refractivity contribution in [2.45, 2.75) is 52.4 Å². The second kappa shape index (κ2) is 12.3. The molecule has 0 aliphatic carbocycles. The first-order valence-corrected chi connectivity index (χ1v) is 14.9. The number of rotatable bonds is 4. The Morgan fingerprint density at radius 2 is 0.818 bits per heavy atom. The molecule has 0 saturated carbocycles. The first-order chi connectivity index (χ1) is 20.9. The lowest BCUT2D eigenvalue weighted by molar-refractivity contribution is 0.573. The summed E-state index contributed by atoms with van der Waals surface area (Å²) in [6.07, 6.45) is 3.38. The average molecular weight is 585 g/mol. The highest BCUT2D eigenvalue weighted by Crippen LogP contribution is 2.37. The van der Waals surface area contributed by atoms with Crippen molar-refractivity contribution in [1.29, 1.82) is 0 Å². The van der Waals surface area contributed by atoms with E-state index in [0.29, 0.717) is 0 Å². The van der Waals surface area contributed by atoms with Crippen LogP contribution in [-0.2, 0) is 10.8 Å². The first-order valence-electron chi connectivity index (χ1n) is 14.9. The van der Waals surface area contributed by atoms with Gasteiger partial charge in [-0.15, -0.1) is 0 Å². The fourth-order valence-electron chi connectivity index (χ4n) is 5.06. The smallest absolute Gasteiger partial charge is 0.248 e. The molecule has 44 heavy (non-hydrogen) atoms. The number of hydrogen-bond acceptors (Lipinski definition) is 2. The molecule has 0 fully saturated rings. The second-order valence-corrected chi connectivity index (χ2v) is 13.1. The van der Waals surface area contributed by atoms with E-state index in [1.807, 2.05) is 48.5 Å². The Labute approximate surface area is 258 Å². The maximum absolute atomic E-state index is 11.6. The van der Waals surface area contributed by atoms with Crippen LogP contribution in [0.1, 0.15) is 52.9 Å². The summed E-state index contributed by atoms with van der Waals surface area (Å²) in [7, 11) is 0. The van der Waals surface area contributed by atoms with Crippen LogP contribution in [0.3, 0.4) is 0 Å². The zero-order chi connectivity index (χ0) is 31.5. The van der Waals surface area contributed by atoms with Gasteiger partial charge in [0.05, 0.1) is 11.4 Å². The van der Waals surface area contributed by atoms with Crippen LogP contribution in [0.4, 0.5) is 0 Å². The van der Waals surface area contributed by atoms with Crippen molar-refractivity contribution in [3.8, 4) is 44.8 Å². The summed E-state index contributed by atoms with van der Waals surface area (Å²) >= 11 is 0. The van der Waals surface area contributed by atoms with Crippen LogP contribution in [0, 0.1) is 0 Å². The first kappa shape index (κ1) is 30.4. The van der Waals surface area contributed by atoms with Crippen molar-refractivity contribution in [3.05, 3.63) is 142 Å². The molecule has 6 nitrogen and oxygen atoms in total. The van der Waals surface area contributed by atoms with E-state index >= 15 is 0 Å². The molecule has 6 heteroatoms. The molecule has 6 rings (SSSR count). The molecule has 0 atom stereocenters. The van der Waals surface area contributed by atoms with Crippen LogP contribution in [-0.4, -0.2) is 19.9 Å². The van der Waals surface area contributed by atoms with Gasteiger partial charge in [0.25, 0.3) is 0 Å². The fraction of sp³-hybridized carbons (Fsp3) is 0.211. The van der Waals surface area contributed by atoms with Gasteiger partial charge in [-0.3, -0.25) is 9.59 Å². The number of nitrogens with one attached hydrogen (secondary N) is 4. The number of pyridine rings is 2. The SMILES string of the molecule is CC(C)(C)c1cc(-c2cc[nH]c(=O)c2)c(-c2ccccc2)[nH]1.CC(C)(C)c1cc(-c2cc[nH]c(=O)c2)c(-c2ccccc2)[nH]1. The summed E-state index contributed by atoms with van der Waals surface area (Å²) < 4.78 is 0. The predicted molar refractivity (Wildman–Crippen MR) is 182 cm³/mol. The highest BCUT2D eigenvalue weighted by Gasteiger charge is 2.21. The molecule has 0 saturated heterocycles. The molecule has 0 unspecified atom stereocenters. The molecule has 0 radical (unpaired) electrons. The Morgan fingerprint density at radius 1 is 0.455 bits per heavy atom. The molecule has 2 aromatic carbocycles. The van der Waals surface area contributed by atoms with E-state index in [0.717, 1.165) is 56.2 Å². The summed E-state index contributed by atoms with van der Waals surface area (Å²) in [4.78, 5) is 35.7. The molecule has 0 bridgehead atoms. The Morgan fingerprint density at radius 3 is 1.14 bits per heavy atom. The summed E-state index contributed by atoms with van der Waals surface area (Å²) in [5.74, 6) is 0. The van der Waals surface area contributed by atoms with Gasteiger partial charge in [0, 0.05) is 57.9 Å². The highest BCUT2D eigenvalue weighted by atomic mass is 16.1. The van der Waals surface area contributed by atoms with Crippen molar-refractivity contribution >= 4 is 0 Å². The average Bonchev–Trinajstić information content (AvgIpc) is 3.65. The van der Waals surface area contributed by atoms with Crippen molar-refractivity contribution in [3.63, 3.8) is 0 Å². The Balaban J connectivity index is 0.000000175. The van der Waals surface area contributed by atoms with Crippen molar-refractivity contribution in [2.75, 3.05) is 0 Å². The van der Waals surface area contributed by atoms with E-state index in [1.54, 1.807) is 24.5 Å². The van der Waals surface area contributed by atoms with E-state index in [1.165, 1.54) is 0 Å². The third kappa shape index (κ3) is 6.92. The van der Waals surface area contributed by atoms with E-state index in [2.05, 4.69) is 97.9 Å². The van der Waals surface area contributed by atoms with Gasteiger partial charge in [-0.1, -0.05) is 102 Å². The monoisotopic (exact) mass is 584 g/mol. The number of hydrogen-bond donors (Lipinski definition) is 4. The largest absolute Gasteiger partial charge is 0.357 e. The summed E-state index contributed by atoms with van der Waals surface area (Å²) in [5.41, 5.74) is 10.5. The molecular formula is C38H40N4O2. The molecule has 4 heterocycles. The molecular weight excluding hydrogens is 544 g/mol. The van der Waals surface area contributed by atoms with Gasteiger partial charge < -0.3 is 19.9 Å². The van der Waals surface area contributed by atoms with Crippen LogP contribution < -0.4 is 11.1 Å². The lowest BCUT2D eigenvalue weighted by Gasteiger charge is -2.16. The zero-order valence-corrected chi connectivity index (χ0v) is 26.2. The number of benzene rings is 2. The van der Waals surface area contributed by atoms with Crippen LogP contribution >= 0.6 is 0 Å². The molecule has 6 aromatic rings. The van der Waals surface area contributed by atoms with Gasteiger partial charge in [-0.05, 0) is 46.5 Å². The second-order valence-electron chi connectivity index (χ2n) is 13.1. The van der Waals surface area contributed by atoms with Crippen LogP contribution in [0.5, 0.6) is 0 Å². The number of aromatic amines is 4. The summed E-state index contributed by atoms with van der Waals surface area (Å²) in [5, 5.41) is 0. The fourth-order valence-corrected chi connectivity index (χ4v) is 5.06. The van der Waals surface area contributed by atoms with Gasteiger partial charge in [0.2, 0.25) is 11.1 Å². The standard InChI is InChI=1S/2C19H20N2O/c2*1-19(2,3)16-12-15(14-9-10-20-17(22)11-14)18(21-16)13-7-5-4-6-8-13/h2*4-12,21H,1-3H3,(H,20,22). The normalized spacial score (nSPS) is 11.6. The number of H-pyrrole nitrogens is 4. The summed E-state index contributed by atoms with van der Waals surface area (Å²) in [6, 6.07) is 31.9. The zero-order valence-electron chi connectivity index (χ0n) is 26.2. The Bertz CT molecular complexity index is 1820. The maximum atomic E-state index is 11.6. The third-order valence-corrected chi connectivity index (χ3v) is 7.55. The van der Waals surface area contributed by atoms with E-state index < -0.39 is 0 Å². The van der Waals surface area contributed by atoms with Gasteiger partial charge in [-0.2, -0.15) is 0 Å². The lowest BCUT2D eigenvalue weighted by Crippen LogP contribution is -2.11. The Hall–Kier alpha value is -5.10. The number of aromatic nitrogens is 4. The molecule has 0 amide bonds. The van der Waals surface area contributed by atoms with Crippen LogP contribution in [0.25, 0.3) is 44.8 Å². The minimum atomic E-state index is -0.0879. The third-order valence-electron chi connectivity index (χ3n) is 7.55. The lowest BCUT2D eigenvalue weighted by atomic mass is 9.92. The van der Waals surface area contributed by atoms with Gasteiger partial charge >= 0.3 is 0 Å². The van der Waals surface area contributed by atoms with Crippen LogP contribution in [0.2, 0.25) is 0 Å². The Kier molecular flexibility index (Phi) is 8.45. The topological polar surface area (TPSA) is 97.3 Å². The molecule has 0 aliphatic rings. The minimum Gasteiger partial charge on any atom is -0.357 e. The van der Waals surface area contributed by atoms with E-state index in [-0.39, 0.29) is 21.9 Å². The van der Waals surface area contributed by atoms with Gasteiger partial charge in [0.15, 0.2) is 0 Å². The predicted octanol–water partition coefficient (Wildman–Crippen LogP) is 8.67. The molecule has 4 aromatic heterocycles. The van der Waals surface area contributed by atoms with Crippen molar-refractivity contribution in [2.24, 2.45) is 0 Å². The molecule has 4 N–H and O–H groups in total. The van der Waals surface area contributed by atoms with Gasteiger partial charge in [0.1, 0.15) is 0 Å². The molecule has 0 aliphatic heterocycles. The molecule has 224 valence electrons. The summed E-state index contributed by atoms with van der Waals surface area (Å²) in [6.45, 7) is 13.1. The van der Waals surface area contributed by atoms with E-state index in [9.17, 15) is 9.59 Å². The van der Waals surface area contributed by atoms with Gasteiger partial charge in [-0.25, -0.2) is 0 Å². The quantitative estimate of drug-likeness (QED) is 0.167. The minimum absolute atomic E-state index is 0.0168.